The molecule has 2 rings (SSSR count). The quantitative estimate of drug-likeness (QED) is 0.824. The number of thiophene rings is 1. The highest BCUT2D eigenvalue weighted by Crippen LogP contribution is 2.08. The number of amides is 1. The van der Waals surface area contributed by atoms with Gasteiger partial charge in [-0.3, -0.25) is 4.79 Å². The van der Waals surface area contributed by atoms with E-state index in [1.54, 1.807) is 11.3 Å². The zero-order valence-corrected chi connectivity index (χ0v) is 8.60. The SMILES string of the molecule is O=C(NCc1cccs1)c1cc(F)c[nH]1. The van der Waals surface area contributed by atoms with E-state index < -0.39 is 5.82 Å². The number of H-pyrrole nitrogens is 1. The summed E-state index contributed by atoms with van der Waals surface area (Å²) in [6, 6.07) is 5.02. The van der Waals surface area contributed by atoms with Gasteiger partial charge in [-0.15, -0.1) is 11.3 Å². The standard InChI is InChI=1S/C10H9FN2OS/c11-7-4-9(12-5-7)10(14)13-6-8-2-1-3-15-8/h1-5,12H,6H2,(H,13,14). The minimum atomic E-state index is -0.434. The number of carbonyl (C=O) groups excluding carboxylic acids is 1. The highest BCUT2D eigenvalue weighted by molar-refractivity contribution is 7.09. The highest BCUT2D eigenvalue weighted by atomic mass is 32.1. The molecule has 0 aromatic carbocycles. The molecule has 0 atom stereocenters. The molecule has 2 heterocycles. The van der Waals surface area contributed by atoms with E-state index >= 15 is 0 Å². The number of aromatic nitrogens is 1. The van der Waals surface area contributed by atoms with Gasteiger partial charge in [0.15, 0.2) is 0 Å². The van der Waals surface area contributed by atoms with Gasteiger partial charge in [0.25, 0.3) is 5.91 Å². The summed E-state index contributed by atoms with van der Waals surface area (Å²) in [5.41, 5.74) is 0.240. The molecule has 0 radical (unpaired) electrons. The lowest BCUT2D eigenvalue weighted by molar-refractivity contribution is 0.0947. The Bertz CT molecular complexity index is 450. The van der Waals surface area contributed by atoms with Crippen LogP contribution in [0.1, 0.15) is 15.4 Å². The monoisotopic (exact) mass is 224 g/mol. The number of halogens is 1. The maximum atomic E-state index is 12.6. The molecular weight excluding hydrogens is 215 g/mol. The van der Waals surface area contributed by atoms with Crippen molar-refractivity contribution in [1.29, 1.82) is 0 Å². The molecule has 1 amide bonds. The molecular formula is C10H9FN2OS. The van der Waals surface area contributed by atoms with Crippen LogP contribution < -0.4 is 5.32 Å². The number of hydrogen-bond donors (Lipinski definition) is 2. The molecule has 0 aliphatic heterocycles. The van der Waals surface area contributed by atoms with E-state index in [-0.39, 0.29) is 11.6 Å². The first-order valence-corrected chi connectivity index (χ1v) is 5.28. The maximum Gasteiger partial charge on any atom is 0.268 e. The van der Waals surface area contributed by atoms with E-state index in [1.807, 2.05) is 17.5 Å². The minimum Gasteiger partial charge on any atom is -0.355 e. The molecule has 15 heavy (non-hydrogen) atoms. The van der Waals surface area contributed by atoms with Crippen molar-refractivity contribution in [3.05, 3.63) is 46.2 Å². The Hall–Kier alpha value is -1.62. The van der Waals surface area contributed by atoms with Crippen LogP contribution >= 0.6 is 11.3 Å². The Balaban J connectivity index is 1.93. The molecule has 5 heteroatoms. The number of nitrogens with one attached hydrogen (secondary N) is 2. The summed E-state index contributed by atoms with van der Waals surface area (Å²) in [5, 5.41) is 4.63. The van der Waals surface area contributed by atoms with Crippen molar-refractivity contribution in [3.8, 4) is 0 Å². The fraction of sp³-hybridized carbons (Fsp3) is 0.100. The summed E-state index contributed by atoms with van der Waals surface area (Å²) in [6.07, 6.45) is 1.15. The zero-order valence-electron chi connectivity index (χ0n) is 7.79. The summed E-state index contributed by atoms with van der Waals surface area (Å²) in [7, 11) is 0. The van der Waals surface area contributed by atoms with Crippen LogP contribution in [0, 0.1) is 5.82 Å². The number of carbonyl (C=O) groups is 1. The fourth-order valence-corrected chi connectivity index (χ4v) is 1.82. The molecule has 0 aliphatic carbocycles. The Morgan fingerprint density at radius 1 is 1.60 bits per heavy atom. The molecule has 2 N–H and O–H groups in total. The lowest BCUT2D eigenvalue weighted by Gasteiger charge is -2.00. The van der Waals surface area contributed by atoms with Crippen molar-refractivity contribution in [2.45, 2.75) is 6.54 Å². The highest BCUT2D eigenvalue weighted by Gasteiger charge is 2.07. The summed E-state index contributed by atoms with van der Waals surface area (Å²) < 4.78 is 12.6. The van der Waals surface area contributed by atoms with Gasteiger partial charge in [-0.25, -0.2) is 4.39 Å². The van der Waals surface area contributed by atoms with Crippen LogP contribution in [-0.4, -0.2) is 10.9 Å². The van der Waals surface area contributed by atoms with E-state index in [4.69, 9.17) is 0 Å². The van der Waals surface area contributed by atoms with Crippen LogP contribution in [-0.2, 0) is 6.54 Å². The Morgan fingerprint density at radius 2 is 2.47 bits per heavy atom. The summed E-state index contributed by atoms with van der Waals surface area (Å²) in [5.74, 6) is -0.733. The van der Waals surface area contributed by atoms with Crippen molar-refractivity contribution < 1.29 is 9.18 Å². The fourth-order valence-electron chi connectivity index (χ4n) is 1.17. The van der Waals surface area contributed by atoms with E-state index in [1.165, 1.54) is 6.07 Å². The molecule has 0 aliphatic rings. The molecule has 3 nitrogen and oxygen atoms in total. The van der Waals surface area contributed by atoms with Gasteiger partial charge in [0.2, 0.25) is 0 Å². The number of rotatable bonds is 3. The topological polar surface area (TPSA) is 44.9 Å². The normalized spacial score (nSPS) is 10.2. The Morgan fingerprint density at radius 3 is 3.07 bits per heavy atom. The van der Waals surface area contributed by atoms with Crippen LogP contribution in [0.5, 0.6) is 0 Å². The molecule has 0 fully saturated rings. The van der Waals surface area contributed by atoms with Gasteiger partial charge in [-0.2, -0.15) is 0 Å². The summed E-state index contributed by atoms with van der Waals surface area (Å²) >= 11 is 1.57. The zero-order chi connectivity index (χ0) is 10.7. The maximum absolute atomic E-state index is 12.6. The van der Waals surface area contributed by atoms with Crippen molar-refractivity contribution in [3.63, 3.8) is 0 Å². The number of hydrogen-bond acceptors (Lipinski definition) is 2. The molecule has 2 aromatic rings. The molecule has 0 spiro atoms. The molecule has 0 unspecified atom stereocenters. The summed E-state index contributed by atoms with van der Waals surface area (Å²) in [6.45, 7) is 0.469. The third-order valence-corrected chi connectivity index (χ3v) is 2.77. The van der Waals surface area contributed by atoms with Crippen LogP contribution in [0.15, 0.2) is 29.8 Å². The van der Waals surface area contributed by atoms with Crippen molar-refractivity contribution in [1.82, 2.24) is 10.3 Å². The van der Waals surface area contributed by atoms with Gasteiger partial charge >= 0.3 is 0 Å². The van der Waals surface area contributed by atoms with Crippen LogP contribution in [0.2, 0.25) is 0 Å². The first-order valence-electron chi connectivity index (χ1n) is 4.40. The van der Waals surface area contributed by atoms with Gasteiger partial charge in [0.1, 0.15) is 11.5 Å². The average Bonchev–Trinajstić information content (AvgIpc) is 2.84. The lowest BCUT2D eigenvalue weighted by atomic mass is 10.4. The molecule has 0 bridgehead atoms. The van der Waals surface area contributed by atoms with E-state index in [9.17, 15) is 9.18 Å². The van der Waals surface area contributed by atoms with Gasteiger partial charge in [0, 0.05) is 17.1 Å². The lowest BCUT2D eigenvalue weighted by Crippen LogP contribution is -2.22. The second-order valence-electron chi connectivity index (χ2n) is 2.99. The second kappa shape index (κ2) is 4.27. The van der Waals surface area contributed by atoms with Crippen molar-refractivity contribution in [2.75, 3.05) is 0 Å². The summed E-state index contributed by atoms with van der Waals surface area (Å²) in [4.78, 5) is 15.1. The van der Waals surface area contributed by atoms with Crippen LogP contribution in [0.3, 0.4) is 0 Å². The predicted molar refractivity (Wildman–Crippen MR) is 56.2 cm³/mol. The smallest absolute Gasteiger partial charge is 0.268 e. The van der Waals surface area contributed by atoms with E-state index in [0.29, 0.717) is 6.54 Å². The van der Waals surface area contributed by atoms with E-state index in [2.05, 4.69) is 10.3 Å². The average molecular weight is 224 g/mol. The molecule has 78 valence electrons. The third-order valence-electron chi connectivity index (χ3n) is 1.90. The Labute approximate surface area is 89.9 Å². The van der Waals surface area contributed by atoms with Crippen LogP contribution in [0.25, 0.3) is 0 Å². The van der Waals surface area contributed by atoms with E-state index in [0.717, 1.165) is 11.1 Å². The molecule has 0 saturated heterocycles. The third kappa shape index (κ3) is 2.44. The number of aromatic amines is 1. The largest absolute Gasteiger partial charge is 0.355 e. The molecule has 0 saturated carbocycles. The first kappa shape index (κ1) is 9.92. The second-order valence-corrected chi connectivity index (χ2v) is 4.03. The van der Waals surface area contributed by atoms with Gasteiger partial charge in [-0.05, 0) is 11.4 Å². The van der Waals surface area contributed by atoms with Crippen LogP contribution in [0.4, 0.5) is 4.39 Å². The van der Waals surface area contributed by atoms with Crippen molar-refractivity contribution in [2.24, 2.45) is 0 Å². The van der Waals surface area contributed by atoms with Gasteiger partial charge < -0.3 is 10.3 Å². The Kier molecular flexibility index (Phi) is 2.82. The minimum absolute atomic E-state index is 0.240. The van der Waals surface area contributed by atoms with Gasteiger partial charge in [-0.1, -0.05) is 6.07 Å². The molecule has 2 aromatic heterocycles. The van der Waals surface area contributed by atoms with Crippen molar-refractivity contribution >= 4 is 17.2 Å². The predicted octanol–water partition coefficient (Wildman–Crippen LogP) is 2.15. The first-order chi connectivity index (χ1) is 7.25. The van der Waals surface area contributed by atoms with Gasteiger partial charge in [0.05, 0.1) is 6.54 Å².